The van der Waals surface area contributed by atoms with Crippen LogP contribution in [-0.2, 0) is 47.4 Å². The van der Waals surface area contributed by atoms with E-state index in [1.54, 1.807) is 21.6 Å². The molecule has 0 atom stereocenters. The minimum atomic E-state index is -0.109. The fourth-order valence-corrected chi connectivity index (χ4v) is 5.49. The number of carbonyl (C=O) groups is 1. The van der Waals surface area contributed by atoms with E-state index in [2.05, 4.69) is 48.2 Å². The van der Waals surface area contributed by atoms with Crippen molar-refractivity contribution in [2.75, 3.05) is 132 Å². The zero-order chi connectivity index (χ0) is 34.8. The fraction of sp³-hybridized carbons (Fsp3) is 0.750. The van der Waals surface area contributed by atoms with Crippen LogP contribution in [0, 0.1) is 6.92 Å². The molecule has 0 fully saturated rings. The van der Waals surface area contributed by atoms with Gasteiger partial charge in [0.25, 0.3) is 0 Å². The van der Waals surface area contributed by atoms with Gasteiger partial charge in [-0.25, -0.2) is 0 Å². The van der Waals surface area contributed by atoms with Gasteiger partial charge >= 0.3 is 0 Å². The molecular formula is C32H55N4O10S2. The molecule has 0 saturated carbocycles. The molecule has 0 aliphatic carbocycles. The first kappa shape index (κ1) is 44.4. The average Bonchev–Trinajstić information content (AvgIpc) is 3.08. The standard InChI is InChI=1S/C32H55N4O10S2/c1-29-4-6-30(7-5-29)47-48-32(2,3)28-34-31(37)8-10-38-12-14-40-16-18-42-20-22-44-24-26-46-27-25-45-23-21-43-19-17-41-15-13-39-11-9-35-36-33/h4-7H,1,8-28H2,2-3H3,(H,34,37). The van der Waals surface area contributed by atoms with Crippen LogP contribution < -0.4 is 5.32 Å². The van der Waals surface area contributed by atoms with Crippen LogP contribution in [0.15, 0.2) is 34.3 Å². The van der Waals surface area contributed by atoms with E-state index in [9.17, 15) is 4.79 Å². The van der Waals surface area contributed by atoms with Gasteiger partial charge in [0.2, 0.25) is 5.91 Å². The first-order valence-corrected chi connectivity index (χ1v) is 18.3. The molecule has 0 aromatic heterocycles. The van der Waals surface area contributed by atoms with Crippen molar-refractivity contribution in [3.05, 3.63) is 47.2 Å². The Hall–Kier alpha value is -1.66. The molecule has 0 spiro atoms. The fourth-order valence-electron chi connectivity index (χ4n) is 3.31. The number of rotatable bonds is 35. The number of hydrogen-bond donors (Lipinski definition) is 1. The molecule has 0 aliphatic rings. The Morgan fingerprint density at radius 1 is 0.688 bits per heavy atom. The molecule has 275 valence electrons. The van der Waals surface area contributed by atoms with E-state index in [0.717, 1.165) is 5.56 Å². The second kappa shape index (κ2) is 32.5. The lowest BCUT2D eigenvalue weighted by Crippen LogP contribution is -2.36. The number of benzene rings is 1. The molecule has 0 saturated heterocycles. The molecule has 1 aromatic carbocycles. The highest BCUT2D eigenvalue weighted by Gasteiger charge is 2.20. The maximum Gasteiger partial charge on any atom is 0.222 e. The number of amides is 1. The Bertz CT molecular complexity index is 944. The van der Waals surface area contributed by atoms with Gasteiger partial charge in [0.15, 0.2) is 0 Å². The van der Waals surface area contributed by atoms with E-state index in [4.69, 9.17) is 48.2 Å². The van der Waals surface area contributed by atoms with Gasteiger partial charge in [0.1, 0.15) is 0 Å². The van der Waals surface area contributed by atoms with Crippen LogP contribution >= 0.6 is 21.6 Å². The lowest BCUT2D eigenvalue weighted by Gasteiger charge is -2.23. The minimum Gasteiger partial charge on any atom is -0.379 e. The summed E-state index contributed by atoms with van der Waals surface area (Å²) >= 11 is 0. The van der Waals surface area contributed by atoms with E-state index in [1.165, 1.54) is 4.90 Å². The number of nitrogens with one attached hydrogen (secondary N) is 1. The Labute approximate surface area is 293 Å². The predicted octanol–water partition coefficient (Wildman–Crippen LogP) is 4.35. The van der Waals surface area contributed by atoms with E-state index in [-0.39, 0.29) is 10.7 Å². The lowest BCUT2D eigenvalue weighted by atomic mass is 10.2. The van der Waals surface area contributed by atoms with Crippen molar-refractivity contribution < 1.29 is 47.4 Å². The van der Waals surface area contributed by atoms with Crippen LogP contribution in [0.2, 0.25) is 0 Å². The van der Waals surface area contributed by atoms with Crippen LogP contribution in [-0.4, -0.2) is 143 Å². The normalized spacial score (nSPS) is 11.5. The van der Waals surface area contributed by atoms with Gasteiger partial charge in [-0.2, -0.15) is 0 Å². The Morgan fingerprint density at radius 3 is 1.46 bits per heavy atom. The van der Waals surface area contributed by atoms with Crippen molar-refractivity contribution in [3.63, 3.8) is 0 Å². The summed E-state index contributed by atoms with van der Waals surface area (Å²) in [4.78, 5) is 16.0. The van der Waals surface area contributed by atoms with E-state index >= 15 is 0 Å². The summed E-state index contributed by atoms with van der Waals surface area (Å²) in [6.07, 6.45) is 0.316. The van der Waals surface area contributed by atoms with Crippen LogP contribution in [0.4, 0.5) is 0 Å². The molecule has 0 bridgehead atoms. The zero-order valence-corrected chi connectivity index (χ0v) is 30.2. The van der Waals surface area contributed by atoms with Crippen molar-refractivity contribution >= 4 is 27.5 Å². The lowest BCUT2D eigenvalue weighted by molar-refractivity contribution is -0.122. The summed E-state index contributed by atoms with van der Waals surface area (Å²) in [7, 11) is 3.43. The van der Waals surface area contributed by atoms with Gasteiger partial charge < -0.3 is 47.9 Å². The van der Waals surface area contributed by atoms with E-state index in [1.807, 2.05) is 12.1 Å². The third-order valence-electron chi connectivity index (χ3n) is 5.85. The van der Waals surface area contributed by atoms with Gasteiger partial charge in [0, 0.05) is 34.1 Å². The molecule has 48 heavy (non-hydrogen) atoms. The Balaban J connectivity index is 1.73. The summed E-state index contributed by atoms with van der Waals surface area (Å²) in [5.74, 6) is -0.0236. The molecule has 0 unspecified atom stereocenters. The highest BCUT2D eigenvalue weighted by molar-refractivity contribution is 8.77. The molecule has 1 radical (unpaired) electrons. The monoisotopic (exact) mass is 719 g/mol. The third kappa shape index (κ3) is 30.4. The van der Waals surface area contributed by atoms with Crippen LogP contribution in [0.5, 0.6) is 0 Å². The van der Waals surface area contributed by atoms with Crippen molar-refractivity contribution in [3.8, 4) is 0 Å². The number of nitrogens with zero attached hydrogens (tertiary/aromatic N) is 3. The molecule has 1 amide bonds. The van der Waals surface area contributed by atoms with Crippen LogP contribution in [0.25, 0.3) is 10.4 Å². The quantitative estimate of drug-likeness (QED) is 0.0348. The minimum absolute atomic E-state index is 0.0236. The Morgan fingerprint density at radius 2 is 1.06 bits per heavy atom. The molecule has 0 heterocycles. The second-order valence-electron chi connectivity index (χ2n) is 10.6. The second-order valence-corrected chi connectivity index (χ2v) is 13.5. The van der Waals surface area contributed by atoms with Crippen LogP contribution in [0.1, 0.15) is 25.8 Å². The molecule has 1 aromatic rings. The molecule has 16 heteroatoms. The highest BCUT2D eigenvalue weighted by atomic mass is 33.1. The Kier molecular flexibility index (Phi) is 30.1. The molecular weight excluding hydrogens is 665 g/mol. The summed E-state index contributed by atoms with van der Waals surface area (Å²) in [5, 5.41) is 6.37. The maximum atomic E-state index is 12.2. The summed E-state index contributed by atoms with van der Waals surface area (Å²) < 4.78 is 48.8. The number of ether oxygens (including phenoxy) is 9. The van der Waals surface area contributed by atoms with Gasteiger partial charge in [0.05, 0.1) is 119 Å². The van der Waals surface area contributed by atoms with Gasteiger partial charge in [-0.05, 0) is 44.0 Å². The summed E-state index contributed by atoms with van der Waals surface area (Å²) in [5.41, 5.74) is 9.14. The number of hydrogen-bond acceptors (Lipinski definition) is 13. The maximum absolute atomic E-state index is 12.2. The predicted molar refractivity (Wildman–Crippen MR) is 187 cm³/mol. The largest absolute Gasteiger partial charge is 0.379 e. The number of azide groups is 1. The highest BCUT2D eigenvalue weighted by Crippen LogP contribution is 2.40. The molecule has 1 N–H and O–H groups in total. The van der Waals surface area contributed by atoms with Crippen molar-refractivity contribution in [2.24, 2.45) is 5.11 Å². The summed E-state index contributed by atoms with van der Waals surface area (Å²) in [6, 6.07) is 8.10. The smallest absolute Gasteiger partial charge is 0.222 e. The van der Waals surface area contributed by atoms with Crippen molar-refractivity contribution in [2.45, 2.75) is 29.9 Å². The van der Waals surface area contributed by atoms with Crippen LogP contribution in [0.3, 0.4) is 0 Å². The van der Waals surface area contributed by atoms with E-state index < -0.39 is 0 Å². The SMILES string of the molecule is [CH2]c1ccc(SSC(C)(C)CNC(=O)CCOCCOCCOCCOCCOCCOCCOCCOCCOCCN=[N+]=[N-])cc1. The molecule has 1 rings (SSSR count). The topological polar surface area (TPSA) is 161 Å². The zero-order valence-electron chi connectivity index (χ0n) is 28.6. The molecule has 0 aliphatic heterocycles. The van der Waals surface area contributed by atoms with Gasteiger partial charge in [-0.15, -0.1) is 0 Å². The van der Waals surface area contributed by atoms with Crippen molar-refractivity contribution in [1.29, 1.82) is 0 Å². The first-order valence-electron chi connectivity index (χ1n) is 16.2. The van der Waals surface area contributed by atoms with Crippen molar-refractivity contribution in [1.82, 2.24) is 5.32 Å². The third-order valence-corrected chi connectivity index (χ3v) is 9.17. The summed E-state index contributed by atoms with van der Waals surface area (Å²) in [6.45, 7) is 17.4. The average molecular weight is 720 g/mol. The molecule has 14 nitrogen and oxygen atoms in total. The van der Waals surface area contributed by atoms with Gasteiger partial charge in [-0.3, -0.25) is 4.79 Å². The van der Waals surface area contributed by atoms with E-state index in [0.29, 0.717) is 138 Å². The number of carbonyl (C=O) groups excluding carboxylic acids is 1. The first-order chi connectivity index (χ1) is 23.4. The van der Waals surface area contributed by atoms with Gasteiger partial charge in [-0.1, -0.05) is 38.8 Å².